The van der Waals surface area contributed by atoms with Crippen LogP contribution in [-0.2, 0) is 9.16 Å². The fraction of sp³-hybridized carbons (Fsp3) is 0.810. The molecule has 0 unspecified atom stereocenters. The van der Waals surface area contributed by atoms with Gasteiger partial charge in [0.1, 0.15) is 0 Å². The van der Waals surface area contributed by atoms with Crippen molar-refractivity contribution >= 4 is 8.32 Å². The molecule has 0 amide bonds. The van der Waals surface area contributed by atoms with Crippen LogP contribution in [0.15, 0.2) is 23.0 Å². The Hall–Kier alpha value is -0.543. The van der Waals surface area contributed by atoms with E-state index in [9.17, 15) is 0 Å². The quantitative estimate of drug-likeness (QED) is 0.565. The van der Waals surface area contributed by atoms with Gasteiger partial charge in [0.15, 0.2) is 8.32 Å². The molecule has 0 aromatic rings. The van der Waals surface area contributed by atoms with Gasteiger partial charge in [0.05, 0.1) is 19.0 Å². The first-order chi connectivity index (χ1) is 11.1. The van der Waals surface area contributed by atoms with Gasteiger partial charge >= 0.3 is 0 Å². The summed E-state index contributed by atoms with van der Waals surface area (Å²) in [7, 11) is 0.107. The van der Waals surface area contributed by atoms with Crippen LogP contribution in [0.2, 0.25) is 18.1 Å². The Bertz CT molecular complexity index is 567. The zero-order valence-corrected chi connectivity index (χ0v) is 17.8. The van der Waals surface area contributed by atoms with Crippen molar-refractivity contribution in [2.45, 2.75) is 90.5 Å². The lowest BCUT2D eigenvalue weighted by Crippen LogP contribution is -2.48. The highest BCUT2D eigenvalue weighted by Gasteiger charge is 2.53. The van der Waals surface area contributed by atoms with Crippen LogP contribution < -0.4 is 0 Å². The summed E-state index contributed by atoms with van der Waals surface area (Å²) in [4.78, 5) is 0. The van der Waals surface area contributed by atoms with Gasteiger partial charge in [-0.25, -0.2) is 0 Å². The molecular weight excluding hydrogens is 312 g/mol. The Morgan fingerprint density at radius 3 is 2.46 bits per heavy atom. The van der Waals surface area contributed by atoms with Crippen LogP contribution in [0, 0.1) is 11.3 Å². The average molecular weight is 349 g/mol. The number of rotatable bonds is 3. The van der Waals surface area contributed by atoms with Gasteiger partial charge in [0.25, 0.3) is 0 Å². The van der Waals surface area contributed by atoms with Crippen molar-refractivity contribution in [1.29, 1.82) is 0 Å². The van der Waals surface area contributed by atoms with Crippen molar-refractivity contribution in [2.75, 3.05) is 7.11 Å². The van der Waals surface area contributed by atoms with E-state index in [1.165, 1.54) is 37.9 Å². The first-order valence-electron chi connectivity index (χ1n) is 9.73. The van der Waals surface area contributed by atoms with Gasteiger partial charge in [0, 0.05) is 6.42 Å². The van der Waals surface area contributed by atoms with Crippen LogP contribution in [0.1, 0.15) is 66.2 Å². The SMILES string of the molecule is COC1=CC2=C(CC1)[C@@H]1CC[C@H](O[Si](C)(C)C(C)(C)C)[C@@]1(C)CC2. The fourth-order valence-corrected chi connectivity index (χ4v) is 6.26. The molecular formula is C21H36O2Si. The third kappa shape index (κ3) is 2.92. The molecule has 0 bridgehead atoms. The molecule has 0 heterocycles. The first-order valence-corrected chi connectivity index (χ1v) is 12.6. The second-order valence-electron chi connectivity index (χ2n) is 9.87. The number of hydrogen-bond acceptors (Lipinski definition) is 2. The second kappa shape index (κ2) is 6.02. The molecule has 0 N–H and O–H groups in total. The molecule has 3 rings (SSSR count). The summed E-state index contributed by atoms with van der Waals surface area (Å²) in [6.07, 6.45) is 10.1. The maximum Gasteiger partial charge on any atom is 0.192 e. The van der Waals surface area contributed by atoms with E-state index in [0.29, 0.717) is 16.6 Å². The molecule has 1 saturated carbocycles. The van der Waals surface area contributed by atoms with Crippen LogP contribution in [0.4, 0.5) is 0 Å². The van der Waals surface area contributed by atoms with Gasteiger partial charge in [-0.1, -0.05) is 33.3 Å². The standard InChI is InChI=1S/C21H36O2Si/c1-20(2,3)24(6,7)23-19-11-10-18-17-9-8-16(22-5)14-15(17)12-13-21(18,19)4/h14,18-19H,8-13H2,1-7H3/t18-,19-,21-/m0/s1. The van der Waals surface area contributed by atoms with Crippen LogP contribution in [0.25, 0.3) is 0 Å². The predicted octanol–water partition coefficient (Wildman–Crippen LogP) is 6.21. The summed E-state index contributed by atoms with van der Waals surface area (Å²) in [6.45, 7) is 14.4. The molecule has 136 valence electrons. The summed E-state index contributed by atoms with van der Waals surface area (Å²) < 4.78 is 12.4. The fourth-order valence-electron chi connectivity index (χ4n) is 4.81. The highest BCUT2D eigenvalue weighted by Crippen LogP contribution is 2.58. The first kappa shape index (κ1) is 18.3. The van der Waals surface area contributed by atoms with Crippen molar-refractivity contribution in [1.82, 2.24) is 0 Å². The number of allylic oxidation sites excluding steroid dienone is 4. The highest BCUT2D eigenvalue weighted by atomic mass is 28.4. The lowest BCUT2D eigenvalue weighted by Gasteiger charge is -2.47. The van der Waals surface area contributed by atoms with Gasteiger partial charge in [0.2, 0.25) is 0 Å². The third-order valence-electron chi connectivity index (χ3n) is 7.50. The molecule has 3 aliphatic carbocycles. The Balaban J connectivity index is 1.84. The van der Waals surface area contributed by atoms with Crippen molar-refractivity contribution in [2.24, 2.45) is 11.3 Å². The average Bonchev–Trinajstić information content (AvgIpc) is 2.82. The Morgan fingerprint density at radius 1 is 1.12 bits per heavy atom. The minimum Gasteiger partial charge on any atom is -0.501 e. The van der Waals surface area contributed by atoms with Crippen molar-refractivity contribution in [3.05, 3.63) is 23.0 Å². The van der Waals surface area contributed by atoms with Crippen molar-refractivity contribution in [3.8, 4) is 0 Å². The maximum atomic E-state index is 6.93. The largest absolute Gasteiger partial charge is 0.501 e. The van der Waals surface area contributed by atoms with Gasteiger partial charge in [-0.15, -0.1) is 0 Å². The van der Waals surface area contributed by atoms with Crippen molar-refractivity contribution < 1.29 is 9.16 Å². The predicted molar refractivity (Wildman–Crippen MR) is 103 cm³/mol. The molecule has 3 aliphatic rings. The smallest absolute Gasteiger partial charge is 0.192 e. The maximum absolute atomic E-state index is 6.93. The third-order valence-corrected chi connectivity index (χ3v) is 12.0. The van der Waals surface area contributed by atoms with Crippen molar-refractivity contribution in [3.63, 3.8) is 0 Å². The van der Waals surface area contributed by atoms with E-state index in [2.05, 4.69) is 46.9 Å². The van der Waals surface area contributed by atoms with E-state index in [-0.39, 0.29) is 0 Å². The molecule has 0 aromatic carbocycles. The number of methoxy groups -OCH3 is 1. The minimum atomic E-state index is -1.70. The zero-order chi connectivity index (χ0) is 17.8. The number of fused-ring (bicyclic) bond motifs is 2. The molecule has 0 aliphatic heterocycles. The van der Waals surface area contributed by atoms with E-state index in [1.54, 1.807) is 11.1 Å². The van der Waals surface area contributed by atoms with Gasteiger partial charge in [-0.05, 0) is 73.2 Å². The highest BCUT2D eigenvalue weighted by molar-refractivity contribution is 6.74. The van der Waals surface area contributed by atoms with Gasteiger partial charge in [-0.3, -0.25) is 0 Å². The van der Waals surface area contributed by atoms with E-state index in [1.807, 2.05) is 7.11 Å². The van der Waals surface area contributed by atoms with E-state index >= 15 is 0 Å². The second-order valence-corrected chi connectivity index (χ2v) is 14.6. The lowest BCUT2D eigenvalue weighted by molar-refractivity contribution is 0.0439. The van der Waals surface area contributed by atoms with Crippen LogP contribution >= 0.6 is 0 Å². The van der Waals surface area contributed by atoms with Gasteiger partial charge in [-0.2, -0.15) is 0 Å². The summed E-state index contributed by atoms with van der Waals surface area (Å²) >= 11 is 0. The van der Waals surface area contributed by atoms with Crippen LogP contribution in [-0.4, -0.2) is 21.5 Å². The van der Waals surface area contributed by atoms with E-state index < -0.39 is 8.32 Å². The summed E-state index contributed by atoms with van der Waals surface area (Å²) in [5, 5.41) is 0.293. The van der Waals surface area contributed by atoms with E-state index in [0.717, 1.165) is 12.3 Å². The molecule has 3 atom stereocenters. The molecule has 3 heteroatoms. The summed E-state index contributed by atoms with van der Waals surface area (Å²) in [5.74, 6) is 1.90. The molecule has 0 radical (unpaired) electrons. The summed E-state index contributed by atoms with van der Waals surface area (Å²) in [5.41, 5.74) is 3.65. The molecule has 1 fully saturated rings. The number of hydrogen-bond donors (Lipinski definition) is 0. The van der Waals surface area contributed by atoms with E-state index in [4.69, 9.17) is 9.16 Å². The zero-order valence-electron chi connectivity index (χ0n) is 16.8. The molecule has 2 nitrogen and oxygen atoms in total. The Morgan fingerprint density at radius 2 is 1.83 bits per heavy atom. The Kier molecular flexibility index (Phi) is 4.58. The molecule has 24 heavy (non-hydrogen) atoms. The molecule has 0 saturated heterocycles. The molecule has 0 aromatic heterocycles. The topological polar surface area (TPSA) is 18.5 Å². The molecule has 0 spiro atoms. The number of ether oxygens (including phenoxy) is 1. The normalized spacial score (nSPS) is 33.9. The lowest BCUT2D eigenvalue weighted by atomic mass is 9.64. The van der Waals surface area contributed by atoms with Gasteiger partial charge < -0.3 is 9.16 Å². The van der Waals surface area contributed by atoms with Crippen LogP contribution in [0.3, 0.4) is 0 Å². The minimum absolute atomic E-state index is 0.293. The monoisotopic (exact) mass is 348 g/mol. The summed E-state index contributed by atoms with van der Waals surface area (Å²) in [6, 6.07) is 0. The Labute approximate surface area is 149 Å². The van der Waals surface area contributed by atoms with Crippen LogP contribution in [0.5, 0.6) is 0 Å².